The van der Waals surface area contributed by atoms with Gasteiger partial charge >= 0.3 is 12.0 Å². The van der Waals surface area contributed by atoms with Crippen molar-refractivity contribution in [2.24, 2.45) is 11.3 Å². The third-order valence-electron chi connectivity index (χ3n) is 16.2. The fourth-order valence-corrected chi connectivity index (χ4v) is 12.7. The van der Waals surface area contributed by atoms with E-state index in [4.69, 9.17) is 19.4 Å². The smallest absolute Gasteiger partial charge is 0.324 e. The van der Waals surface area contributed by atoms with Crippen molar-refractivity contribution >= 4 is 51.7 Å². The lowest BCUT2D eigenvalue weighted by Crippen LogP contribution is -2.62. The van der Waals surface area contributed by atoms with Crippen LogP contribution in [0.2, 0.25) is 0 Å². The van der Waals surface area contributed by atoms with Crippen molar-refractivity contribution in [3.63, 3.8) is 0 Å². The molecule has 0 spiro atoms. The van der Waals surface area contributed by atoms with Crippen LogP contribution in [0.15, 0.2) is 35.8 Å². The number of ether oxygens (including phenoxy) is 2. The summed E-state index contributed by atoms with van der Waals surface area (Å²) in [6.45, 7) is 18.8. The SMILES string of the molecule is CCn1c(-c2cc(N3CCN(C4CC4)CC3)cnc2[C@H](C)OC)c2c3cc(ccc31)-c1csc(n1)C[C@H](NC(=O)[C@H](C(C)C)N(C)C(=O)N1CCCC(NC)CCC1)C(=O)N1CCC[C@H](N1)C(=O)OCC(C)(C)C2. The van der Waals surface area contributed by atoms with Crippen LogP contribution in [0.4, 0.5) is 10.5 Å². The van der Waals surface area contributed by atoms with E-state index in [1.807, 2.05) is 37.4 Å². The molecule has 3 saturated heterocycles. The van der Waals surface area contributed by atoms with Gasteiger partial charge in [0.15, 0.2) is 0 Å². The minimum absolute atomic E-state index is 0.112. The van der Waals surface area contributed by atoms with Gasteiger partial charge in [-0.05, 0) is 108 Å². The molecule has 5 aliphatic rings. The number of esters is 1. The molecule has 17 nitrogen and oxygen atoms in total. The first-order chi connectivity index (χ1) is 35.6. The molecule has 7 heterocycles. The zero-order valence-corrected chi connectivity index (χ0v) is 46.2. The average molecular weight is 1040 g/mol. The highest BCUT2D eigenvalue weighted by Gasteiger charge is 2.39. The number of rotatable bonds is 11. The normalized spacial score (nSPS) is 22.5. The number of nitrogens with zero attached hydrogens (tertiary/aromatic N) is 8. The van der Waals surface area contributed by atoms with E-state index >= 15 is 0 Å². The molecule has 0 unspecified atom stereocenters. The quantitative estimate of drug-likeness (QED) is 0.132. The zero-order chi connectivity index (χ0) is 52.4. The Balaban J connectivity index is 1.08. The number of cyclic esters (lactones) is 1. The predicted octanol–water partition coefficient (Wildman–Crippen LogP) is 7.03. The van der Waals surface area contributed by atoms with E-state index in [0.29, 0.717) is 56.5 Å². The maximum absolute atomic E-state index is 14.8. The summed E-state index contributed by atoms with van der Waals surface area (Å²) in [6.07, 6.45) is 9.79. The lowest BCUT2D eigenvalue weighted by Gasteiger charge is -2.38. The number of nitrogens with one attached hydrogen (secondary N) is 3. The number of methoxy groups -OCH3 is 1. The van der Waals surface area contributed by atoms with Crippen LogP contribution in [0, 0.1) is 11.3 Å². The molecule has 1 aliphatic carbocycles. The molecule has 9 rings (SSSR count). The molecule has 4 atom stereocenters. The third kappa shape index (κ3) is 11.6. The number of hydrogen-bond acceptors (Lipinski definition) is 13. The first-order valence-electron chi connectivity index (χ1n) is 27.4. The maximum Gasteiger partial charge on any atom is 0.324 e. The summed E-state index contributed by atoms with van der Waals surface area (Å²) in [7, 11) is 5.41. The minimum atomic E-state index is -1.04. The van der Waals surface area contributed by atoms with E-state index in [1.165, 1.54) is 29.2 Å². The van der Waals surface area contributed by atoms with Gasteiger partial charge in [0.1, 0.15) is 18.1 Å². The standard InChI is InChI=1S/C56H81N11O6S/c1-10-66-47-20-17-37-28-41(47)43(51(66)42-29-40(32-58-49(42)36(4)72-9)64-26-24-63(25-27-64)39-18-19-39)31-56(5,6)34-73-54(70)44-16-13-23-67(61-44)53(69)45(30-48-59-46(37)33-74-48)60-52(68)50(35(2)3)62(8)55(71)65-21-11-14-38(57-7)15-12-22-65/h17,20,28-29,32-33,35-36,38-39,44-45,50,57,61H,10-16,18-19,21-27,30-31,34H2,1-9H3,(H,60,68)/t36-,44-,45-,50-/m0/s1. The van der Waals surface area contributed by atoms with Gasteiger partial charge in [-0.1, -0.05) is 33.8 Å². The molecule has 18 heteroatoms. The number of pyridine rings is 1. The van der Waals surface area contributed by atoms with Crippen LogP contribution in [-0.2, 0) is 43.2 Å². The Labute approximate surface area is 442 Å². The number of benzene rings is 1. The molecular formula is C56H81N11O6S. The molecule has 4 fully saturated rings. The van der Waals surface area contributed by atoms with Crippen molar-refractivity contribution in [2.75, 3.05) is 78.5 Å². The van der Waals surface area contributed by atoms with Crippen molar-refractivity contribution < 1.29 is 28.7 Å². The number of carbonyl (C=O) groups excluding carboxylic acids is 4. The number of aromatic nitrogens is 3. The number of piperazine rings is 1. The molecule has 6 bridgehead atoms. The molecule has 74 heavy (non-hydrogen) atoms. The van der Waals surface area contributed by atoms with E-state index in [9.17, 15) is 19.2 Å². The molecule has 1 aromatic carbocycles. The monoisotopic (exact) mass is 1040 g/mol. The van der Waals surface area contributed by atoms with Crippen molar-refractivity contribution in [3.05, 3.63) is 52.1 Å². The van der Waals surface area contributed by atoms with Gasteiger partial charge in [0.05, 0.1) is 46.7 Å². The lowest BCUT2D eigenvalue weighted by molar-refractivity contribution is -0.155. The van der Waals surface area contributed by atoms with E-state index in [0.717, 1.165) is 108 Å². The number of likely N-dealkylation sites (N-methyl/N-ethyl adjacent to an activating group) is 1. The van der Waals surface area contributed by atoms with Crippen LogP contribution in [0.3, 0.4) is 0 Å². The largest absolute Gasteiger partial charge is 0.464 e. The average Bonchev–Trinajstić information content (AvgIpc) is 4.08. The first-order valence-corrected chi connectivity index (χ1v) is 28.3. The number of fused-ring (bicyclic) bond motifs is 6. The van der Waals surface area contributed by atoms with Crippen LogP contribution in [0.1, 0.15) is 115 Å². The Hall–Kier alpha value is -5.14. The Kier molecular flexibility index (Phi) is 16.7. The predicted molar refractivity (Wildman–Crippen MR) is 291 cm³/mol. The number of carbonyl (C=O) groups is 4. The molecule has 3 N–H and O–H groups in total. The van der Waals surface area contributed by atoms with Gasteiger partial charge in [-0.2, -0.15) is 0 Å². The summed E-state index contributed by atoms with van der Waals surface area (Å²) in [5, 5.41) is 11.7. The lowest BCUT2D eigenvalue weighted by atomic mass is 9.84. The summed E-state index contributed by atoms with van der Waals surface area (Å²) in [4.78, 5) is 76.6. The van der Waals surface area contributed by atoms with E-state index in [-0.39, 0.29) is 37.0 Å². The first kappa shape index (κ1) is 53.7. The second-order valence-electron chi connectivity index (χ2n) is 22.6. The van der Waals surface area contributed by atoms with E-state index in [1.54, 1.807) is 19.1 Å². The number of amides is 4. The van der Waals surface area contributed by atoms with Crippen molar-refractivity contribution in [1.82, 2.24) is 50.3 Å². The number of anilines is 1. The Morgan fingerprint density at radius 3 is 2.39 bits per heavy atom. The Bertz CT molecular complexity index is 2650. The van der Waals surface area contributed by atoms with Gasteiger partial charge in [0.25, 0.3) is 5.91 Å². The second-order valence-corrected chi connectivity index (χ2v) is 23.5. The molecule has 4 amide bonds. The molecule has 0 radical (unpaired) electrons. The van der Waals surface area contributed by atoms with Crippen LogP contribution in [0.5, 0.6) is 0 Å². The molecule has 1 saturated carbocycles. The van der Waals surface area contributed by atoms with Crippen molar-refractivity contribution in [1.29, 1.82) is 0 Å². The highest BCUT2D eigenvalue weighted by Crippen LogP contribution is 2.43. The van der Waals surface area contributed by atoms with Gasteiger partial charge < -0.3 is 39.4 Å². The Morgan fingerprint density at radius 1 is 0.986 bits per heavy atom. The van der Waals surface area contributed by atoms with E-state index < -0.39 is 35.4 Å². The summed E-state index contributed by atoms with van der Waals surface area (Å²) >= 11 is 1.45. The molecular weight excluding hydrogens is 955 g/mol. The highest BCUT2D eigenvalue weighted by molar-refractivity contribution is 7.10. The maximum atomic E-state index is 14.8. The fraction of sp³-hybridized carbons (Fsp3) is 0.643. The number of likely N-dealkylation sites (tertiary alicyclic amines) is 1. The molecule has 4 aromatic rings. The van der Waals surface area contributed by atoms with Crippen molar-refractivity contribution in [3.8, 4) is 22.5 Å². The molecule has 3 aromatic heterocycles. The van der Waals surface area contributed by atoms with Gasteiger partial charge in [0, 0.05) is 118 Å². The summed E-state index contributed by atoms with van der Waals surface area (Å²) in [6, 6.07) is 7.17. The molecule has 4 aliphatic heterocycles. The molecule has 402 valence electrons. The second kappa shape index (κ2) is 23.0. The summed E-state index contributed by atoms with van der Waals surface area (Å²) < 4.78 is 14.7. The van der Waals surface area contributed by atoms with Gasteiger partial charge in [-0.3, -0.25) is 29.3 Å². The number of hydrogen-bond donors (Lipinski definition) is 3. The highest BCUT2D eigenvalue weighted by atomic mass is 32.1. The van der Waals surface area contributed by atoms with Crippen molar-refractivity contribution in [2.45, 2.75) is 149 Å². The fourth-order valence-electron chi connectivity index (χ4n) is 11.9. The van der Waals surface area contributed by atoms with Crippen LogP contribution in [0.25, 0.3) is 33.4 Å². The number of hydrazine groups is 1. The third-order valence-corrected chi connectivity index (χ3v) is 17.1. The topological polar surface area (TPSA) is 170 Å². The van der Waals surface area contributed by atoms with E-state index in [2.05, 4.69) is 82.4 Å². The van der Waals surface area contributed by atoms with Gasteiger partial charge in [-0.15, -0.1) is 11.3 Å². The van der Waals surface area contributed by atoms with Crippen LogP contribution >= 0.6 is 11.3 Å². The number of urea groups is 1. The van der Waals surface area contributed by atoms with Gasteiger partial charge in [0.2, 0.25) is 5.91 Å². The van der Waals surface area contributed by atoms with Crippen LogP contribution < -0.4 is 21.0 Å². The number of aryl methyl sites for hydroxylation is 1. The zero-order valence-electron chi connectivity index (χ0n) is 45.4. The minimum Gasteiger partial charge on any atom is -0.464 e. The Morgan fingerprint density at radius 2 is 1.72 bits per heavy atom. The summed E-state index contributed by atoms with van der Waals surface area (Å²) in [5.74, 6) is -1.48. The van der Waals surface area contributed by atoms with Gasteiger partial charge in [-0.25, -0.2) is 15.2 Å². The van der Waals surface area contributed by atoms with Crippen LogP contribution in [-0.4, -0.2) is 162 Å². The number of thiazole rings is 1. The summed E-state index contributed by atoms with van der Waals surface area (Å²) in [5.41, 5.74) is 10.7.